The van der Waals surface area contributed by atoms with E-state index in [1.54, 1.807) is 87.7 Å². The highest BCUT2D eigenvalue weighted by molar-refractivity contribution is 7.92. The third-order valence-electron chi connectivity index (χ3n) is 5.97. The van der Waals surface area contributed by atoms with Crippen molar-refractivity contribution in [2.75, 3.05) is 31.6 Å². The average molecular weight is 540 g/mol. The highest BCUT2D eigenvalue weighted by atomic mass is 32.2. The van der Waals surface area contributed by atoms with Crippen LogP contribution in [0.25, 0.3) is 0 Å². The fraction of sp³-hybridized carbons (Fsp3) is 0.286. The Morgan fingerprint density at radius 2 is 1.58 bits per heavy atom. The molecule has 9 nitrogen and oxygen atoms in total. The van der Waals surface area contributed by atoms with Crippen LogP contribution in [0.5, 0.6) is 11.5 Å². The molecule has 3 aromatic rings. The van der Waals surface area contributed by atoms with Gasteiger partial charge < -0.3 is 19.7 Å². The number of carbonyl (C=O) groups excluding carboxylic acids is 2. The van der Waals surface area contributed by atoms with Crippen molar-refractivity contribution in [3.8, 4) is 11.5 Å². The van der Waals surface area contributed by atoms with Gasteiger partial charge in [0.25, 0.3) is 10.0 Å². The first kappa shape index (κ1) is 28.5. The molecule has 2 amide bonds. The third-order valence-corrected chi connectivity index (χ3v) is 7.74. The highest BCUT2D eigenvalue weighted by Crippen LogP contribution is 2.32. The highest BCUT2D eigenvalue weighted by Gasteiger charge is 2.33. The molecule has 0 aliphatic heterocycles. The molecule has 0 radical (unpaired) electrons. The van der Waals surface area contributed by atoms with Gasteiger partial charge in [0.15, 0.2) is 0 Å². The molecule has 10 heteroatoms. The van der Waals surface area contributed by atoms with Gasteiger partial charge in [0, 0.05) is 13.6 Å². The molecule has 202 valence electrons. The fourth-order valence-electron chi connectivity index (χ4n) is 3.89. The van der Waals surface area contributed by atoms with Crippen molar-refractivity contribution >= 4 is 27.5 Å². The number of methoxy groups -OCH3 is 1. The summed E-state index contributed by atoms with van der Waals surface area (Å²) in [6, 6.07) is 20.8. The van der Waals surface area contributed by atoms with Crippen LogP contribution in [0.15, 0.2) is 83.8 Å². The summed E-state index contributed by atoms with van der Waals surface area (Å²) < 4.78 is 39.6. The van der Waals surface area contributed by atoms with Crippen molar-refractivity contribution in [3.05, 3.63) is 84.4 Å². The minimum Gasteiger partial charge on any atom is -0.497 e. The van der Waals surface area contributed by atoms with Gasteiger partial charge >= 0.3 is 0 Å². The van der Waals surface area contributed by atoms with Crippen LogP contribution in [-0.2, 0) is 26.2 Å². The number of amides is 2. The fourth-order valence-corrected chi connectivity index (χ4v) is 5.34. The van der Waals surface area contributed by atoms with Crippen molar-refractivity contribution < 1.29 is 27.5 Å². The Morgan fingerprint density at radius 3 is 2.18 bits per heavy atom. The van der Waals surface area contributed by atoms with Gasteiger partial charge in [0.1, 0.15) is 24.1 Å². The number of carbonyl (C=O) groups is 2. The number of hydrogen-bond donors (Lipinski definition) is 1. The lowest BCUT2D eigenvalue weighted by molar-refractivity contribution is -0.139. The quantitative estimate of drug-likeness (QED) is 0.378. The van der Waals surface area contributed by atoms with Crippen LogP contribution in [0, 0.1) is 0 Å². The molecule has 0 spiro atoms. The molecule has 0 heterocycles. The Morgan fingerprint density at radius 1 is 0.947 bits per heavy atom. The predicted molar refractivity (Wildman–Crippen MR) is 146 cm³/mol. The van der Waals surface area contributed by atoms with Crippen LogP contribution in [0.3, 0.4) is 0 Å². The van der Waals surface area contributed by atoms with Gasteiger partial charge in [-0.15, -0.1) is 0 Å². The Kier molecular flexibility index (Phi) is 9.72. The molecule has 1 atom stereocenters. The smallest absolute Gasteiger partial charge is 0.264 e. The maximum atomic E-state index is 13.8. The van der Waals surface area contributed by atoms with Gasteiger partial charge in [0.2, 0.25) is 11.8 Å². The summed E-state index contributed by atoms with van der Waals surface area (Å²) in [7, 11) is -1.13. The van der Waals surface area contributed by atoms with Crippen molar-refractivity contribution in [2.24, 2.45) is 0 Å². The summed E-state index contributed by atoms with van der Waals surface area (Å²) in [5.74, 6) is 0.0452. The number of nitrogens with one attached hydrogen (secondary N) is 1. The van der Waals surface area contributed by atoms with Crippen molar-refractivity contribution in [1.82, 2.24) is 10.2 Å². The minimum atomic E-state index is -4.17. The van der Waals surface area contributed by atoms with E-state index in [9.17, 15) is 18.0 Å². The van der Waals surface area contributed by atoms with E-state index < -0.39 is 28.5 Å². The number of nitrogens with zero attached hydrogens (tertiary/aromatic N) is 2. The van der Waals surface area contributed by atoms with E-state index in [4.69, 9.17) is 9.47 Å². The summed E-state index contributed by atoms with van der Waals surface area (Å²) in [6.45, 7) is 3.24. The lowest BCUT2D eigenvalue weighted by Gasteiger charge is -2.32. The first-order valence-electron chi connectivity index (χ1n) is 12.2. The Hall–Kier alpha value is -4.05. The van der Waals surface area contributed by atoms with Crippen LogP contribution < -0.4 is 19.1 Å². The third kappa shape index (κ3) is 6.63. The van der Waals surface area contributed by atoms with Crippen molar-refractivity contribution in [2.45, 2.75) is 31.3 Å². The summed E-state index contributed by atoms with van der Waals surface area (Å²) >= 11 is 0. The molecule has 0 saturated heterocycles. The number of rotatable bonds is 12. The molecule has 0 aromatic heterocycles. The van der Waals surface area contributed by atoms with Gasteiger partial charge in [-0.05, 0) is 55.8 Å². The van der Waals surface area contributed by atoms with Crippen LogP contribution >= 0.6 is 0 Å². The Bertz CT molecular complexity index is 1330. The first-order chi connectivity index (χ1) is 18.2. The number of para-hydroxylation sites is 2. The average Bonchev–Trinajstić information content (AvgIpc) is 2.95. The molecule has 0 bridgehead atoms. The van der Waals surface area contributed by atoms with E-state index in [-0.39, 0.29) is 23.0 Å². The monoisotopic (exact) mass is 539 g/mol. The predicted octanol–water partition coefficient (Wildman–Crippen LogP) is 3.45. The number of ether oxygens (including phenoxy) is 2. The maximum Gasteiger partial charge on any atom is 0.264 e. The molecule has 1 N–H and O–H groups in total. The van der Waals surface area contributed by atoms with Crippen LogP contribution in [-0.4, -0.2) is 58.5 Å². The van der Waals surface area contributed by atoms with Crippen molar-refractivity contribution in [3.63, 3.8) is 0 Å². The summed E-state index contributed by atoms with van der Waals surface area (Å²) in [5.41, 5.74) is 0.977. The van der Waals surface area contributed by atoms with Gasteiger partial charge in [-0.1, -0.05) is 42.5 Å². The van der Waals surface area contributed by atoms with E-state index in [0.717, 1.165) is 9.87 Å². The van der Waals surface area contributed by atoms with Crippen LogP contribution in [0.1, 0.15) is 19.4 Å². The second kappa shape index (κ2) is 13.0. The van der Waals surface area contributed by atoms with Crippen LogP contribution in [0.4, 0.5) is 5.69 Å². The zero-order chi connectivity index (χ0) is 27.7. The number of likely N-dealkylation sites (N-methyl/N-ethyl adjacent to an activating group) is 1. The van der Waals surface area contributed by atoms with E-state index in [1.807, 2.05) is 0 Å². The lowest BCUT2D eigenvalue weighted by Crippen LogP contribution is -2.50. The number of sulfonamides is 1. The van der Waals surface area contributed by atoms with Crippen molar-refractivity contribution in [1.29, 1.82) is 0 Å². The second-order valence-corrected chi connectivity index (χ2v) is 10.2. The molecule has 0 saturated carbocycles. The van der Waals surface area contributed by atoms with Gasteiger partial charge in [-0.3, -0.25) is 13.9 Å². The normalized spacial score (nSPS) is 11.8. The molecule has 0 aliphatic carbocycles. The van der Waals surface area contributed by atoms with Gasteiger partial charge in [-0.25, -0.2) is 8.42 Å². The SMILES string of the molecule is CCOc1ccccc1N(CC(=O)N(Cc1ccc(OC)cc1)[C@H](C)C(=O)NC)S(=O)(=O)c1ccccc1. The topological polar surface area (TPSA) is 105 Å². The van der Waals surface area contributed by atoms with E-state index >= 15 is 0 Å². The van der Waals surface area contributed by atoms with E-state index in [0.29, 0.717) is 18.1 Å². The lowest BCUT2D eigenvalue weighted by atomic mass is 10.1. The number of anilines is 1. The molecule has 0 unspecified atom stereocenters. The maximum absolute atomic E-state index is 13.8. The standard InChI is InChI=1S/C28H33N3O6S/c1-5-37-26-14-10-9-13-25(26)31(38(34,35)24-11-7-6-8-12-24)20-27(32)30(21(2)28(33)29-3)19-22-15-17-23(36-4)18-16-22/h6-18,21H,5,19-20H2,1-4H3,(H,29,33)/t21-/m1/s1. The first-order valence-corrected chi connectivity index (χ1v) is 13.6. The summed E-state index contributed by atoms with van der Waals surface area (Å²) in [4.78, 5) is 27.8. The Labute approximate surface area is 224 Å². The zero-order valence-electron chi connectivity index (χ0n) is 22.0. The van der Waals surface area contributed by atoms with Gasteiger partial charge in [0.05, 0.1) is 24.3 Å². The molecule has 0 fully saturated rings. The summed E-state index contributed by atoms with van der Waals surface area (Å²) in [6.07, 6.45) is 0. The minimum absolute atomic E-state index is 0.0279. The largest absolute Gasteiger partial charge is 0.497 e. The summed E-state index contributed by atoms with van der Waals surface area (Å²) in [5, 5.41) is 2.57. The van der Waals surface area contributed by atoms with Gasteiger partial charge in [-0.2, -0.15) is 0 Å². The van der Waals surface area contributed by atoms with Crippen LogP contribution in [0.2, 0.25) is 0 Å². The molecule has 0 aliphatic rings. The van der Waals surface area contributed by atoms with E-state index in [1.165, 1.54) is 24.1 Å². The molecule has 3 rings (SSSR count). The molecular formula is C28H33N3O6S. The van der Waals surface area contributed by atoms with E-state index in [2.05, 4.69) is 5.32 Å². The number of benzene rings is 3. The molecule has 38 heavy (non-hydrogen) atoms. The zero-order valence-corrected chi connectivity index (χ0v) is 22.8. The molecular weight excluding hydrogens is 506 g/mol. The number of hydrogen-bond acceptors (Lipinski definition) is 6. The second-order valence-electron chi connectivity index (χ2n) is 8.39. The Balaban J connectivity index is 2.05. The molecule has 3 aromatic carbocycles.